The molecule has 0 radical (unpaired) electrons. The molecule has 0 spiro atoms. The molecule has 2 aromatic carbocycles. The molecule has 152 valence electrons. The number of nitrogens with two attached hydrogens (primary N) is 1. The van der Waals surface area contributed by atoms with Crippen molar-refractivity contribution in [3.8, 4) is 5.69 Å². The van der Waals surface area contributed by atoms with Gasteiger partial charge in [-0.3, -0.25) is 4.79 Å². The number of nitrogens with one attached hydrogen (secondary N) is 1. The first-order valence-corrected chi connectivity index (χ1v) is 10.8. The zero-order valence-corrected chi connectivity index (χ0v) is 17.5. The fourth-order valence-electron chi connectivity index (χ4n) is 2.99. The van der Waals surface area contributed by atoms with Crippen LogP contribution >= 0.6 is 11.6 Å². The van der Waals surface area contributed by atoms with Crippen molar-refractivity contribution in [3.05, 3.63) is 76.6 Å². The van der Waals surface area contributed by atoms with E-state index in [1.165, 1.54) is 18.3 Å². The van der Waals surface area contributed by atoms with Crippen LogP contribution in [0.2, 0.25) is 5.02 Å². The first-order valence-electron chi connectivity index (χ1n) is 8.90. The number of hydrogen-bond donors (Lipinski definition) is 2. The van der Waals surface area contributed by atoms with Gasteiger partial charge >= 0.3 is 0 Å². The lowest BCUT2D eigenvalue weighted by atomic mass is 10.0. The number of aromatic nitrogens is 2. The minimum Gasteiger partial charge on any atom is -0.348 e. The summed E-state index contributed by atoms with van der Waals surface area (Å²) in [4.78, 5) is 12.8. The van der Waals surface area contributed by atoms with Crippen molar-refractivity contribution in [2.75, 3.05) is 0 Å². The van der Waals surface area contributed by atoms with E-state index in [9.17, 15) is 13.2 Å². The van der Waals surface area contributed by atoms with Gasteiger partial charge in [-0.05, 0) is 47.9 Å². The van der Waals surface area contributed by atoms with Gasteiger partial charge in [-0.2, -0.15) is 5.10 Å². The molecule has 0 aliphatic rings. The Morgan fingerprint density at radius 2 is 1.90 bits per heavy atom. The fraction of sp³-hybridized carbons (Fsp3) is 0.200. The molecule has 1 heterocycles. The lowest BCUT2D eigenvalue weighted by molar-refractivity contribution is 0.0949. The number of benzene rings is 2. The highest BCUT2D eigenvalue weighted by Crippen LogP contribution is 2.24. The third-order valence-corrected chi connectivity index (χ3v) is 5.51. The molecule has 0 bridgehead atoms. The Labute approximate surface area is 174 Å². The third kappa shape index (κ3) is 4.84. The van der Waals surface area contributed by atoms with E-state index in [4.69, 9.17) is 16.7 Å². The number of sulfonamides is 1. The summed E-state index contributed by atoms with van der Waals surface area (Å²) in [5.74, 6) is -0.255. The van der Waals surface area contributed by atoms with E-state index in [0.29, 0.717) is 16.1 Å². The van der Waals surface area contributed by atoms with E-state index < -0.39 is 10.0 Å². The molecule has 3 rings (SSSR count). The van der Waals surface area contributed by atoms with Crippen molar-refractivity contribution < 1.29 is 13.2 Å². The fourth-order valence-corrected chi connectivity index (χ4v) is 3.70. The summed E-state index contributed by atoms with van der Waals surface area (Å²) >= 11 is 5.96. The Kier molecular flexibility index (Phi) is 6.07. The van der Waals surface area contributed by atoms with Gasteiger partial charge in [-0.25, -0.2) is 18.2 Å². The highest BCUT2D eigenvalue weighted by atomic mass is 35.5. The van der Waals surface area contributed by atoms with Crippen molar-refractivity contribution >= 4 is 27.5 Å². The monoisotopic (exact) mass is 432 g/mol. The smallest absolute Gasteiger partial charge is 0.255 e. The minimum absolute atomic E-state index is 0.00248. The molecule has 0 aliphatic heterocycles. The van der Waals surface area contributed by atoms with Gasteiger partial charge in [0.15, 0.2) is 0 Å². The van der Waals surface area contributed by atoms with Gasteiger partial charge in [0.05, 0.1) is 28.0 Å². The van der Waals surface area contributed by atoms with E-state index in [-0.39, 0.29) is 23.3 Å². The van der Waals surface area contributed by atoms with Crippen LogP contribution in [0.3, 0.4) is 0 Å². The molecule has 0 aliphatic carbocycles. The molecule has 0 unspecified atom stereocenters. The van der Waals surface area contributed by atoms with Crippen molar-refractivity contribution in [1.82, 2.24) is 15.1 Å². The van der Waals surface area contributed by atoms with Gasteiger partial charge in [-0.1, -0.05) is 37.6 Å². The lowest BCUT2D eigenvalue weighted by Crippen LogP contribution is -2.24. The van der Waals surface area contributed by atoms with Crippen LogP contribution in [0.15, 0.2) is 59.6 Å². The van der Waals surface area contributed by atoms with E-state index in [2.05, 4.69) is 10.4 Å². The molecule has 0 atom stereocenters. The molecule has 0 saturated carbocycles. The Bertz CT molecular complexity index is 1140. The molecule has 29 heavy (non-hydrogen) atoms. The Balaban J connectivity index is 1.84. The molecular weight excluding hydrogens is 412 g/mol. The summed E-state index contributed by atoms with van der Waals surface area (Å²) in [5, 5.41) is 13.0. The van der Waals surface area contributed by atoms with E-state index >= 15 is 0 Å². The first-order chi connectivity index (χ1) is 13.7. The van der Waals surface area contributed by atoms with Crippen molar-refractivity contribution in [1.29, 1.82) is 0 Å². The summed E-state index contributed by atoms with van der Waals surface area (Å²) in [6.45, 7) is 4.12. The van der Waals surface area contributed by atoms with Crippen molar-refractivity contribution in [2.45, 2.75) is 31.2 Å². The van der Waals surface area contributed by atoms with E-state index in [0.717, 1.165) is 11.4 Å². The largest absolute Gasteiger partial charge is 0.348 e. The number of carbonyl (C=O) groups excluding carboxylic acids is 1. The Morgan fingerprint density at radius 1 is 1.21 bits per heavy atom. The maximum absolute atomic E-state index is 12.8. The average molecular weight is 433 g/mol. The van der Waals surface area contributed by atoms with Crippen LogP contribution in [0, 0.1) is 0 Å². The lowest BCUT2D eigenvalue weighted by Gasteiger charge is -2.13. The topological polar surface area (TPSA) is 107 Å². The first kappa shape index (κ1) is 21.0. The van der Waals surface area contributed by atoms with Crippen LogP contribution < -0.4 is 10.5 Å². The maximum atomic E-state index is 12.8. The average Bonchev–Trinajstić information content (AvgIpc) is 3.12. The van der Waals surface area contributed by atoms with E-state index in [1.807, 2.05) is 26.0 Å². The number of carbonyl (C=O) groups is 1. The van der Waals surface area contributed by atoms with Gasteiger partial charge in [-0.15, -0.1) is 0 Å². The summed E-state index contributed by atoms with van der Waals surface area (Å²) in [5.41, 5.74) is 2.65. The van der Waals surface area contributed by atoms with Gasteiger partial charge in [0, 0.05) is 11.6 Å². The Hall–Kier alpha value is -2.68. The number of rotatable bonds is 6. The van der Waals surface area contributed by atoms with Crippen LogP contribution in [-0.4, -0.2) is 24.1 Å². The summed E-state index contributed by atoms with van der Waals surface area (Å²) in [6.07, 6.45) is 1.53. The number of nitrogens with zero attached hydrogens (tertiary/aromatic N) is 2. The normalized spacial score (nSPS) is 11.6. The second-order valence-electron chi connectivity index (χ2n) is 6.86. The van der Waals surface area contributed by atoms with Gasteiger partial charge in [0.2, 0.25) is 10.0 Å². The molecule has 3 aromatic rings. The second kappa shape index (κ2) is 8.36. The molecule has 9 heteroatoms. The maximum Gasteiger partial charge on any atom is 0.255 e. The summed E-state index contributed by atoms with van der Waals surface area (Å²) in [6, 6.07) is 13.4. The van der Waals surface area contributed by atoms with Gasteiger partial charge < -0.3 is 5.32 Å². The molecule has 1 aromatic heterocycles. The molecule has 3 N–H and O–H groups in total. The molecule has 0 saturated heterocycles. The third-order valence-electron chi connectivity index (χ3n) is 4.35. The van der Waals surface area contributed by atoms with Crippen molar-refractivity contribution in [2.24, 2.45) is 5.14 Å². The van der Waals surface area contributed by atoms with Crippen LogP contribution in [0.4, 0.5) is 0 Å². The van der Waals surface area contributed by atoms with Gasteiger partial charge in [0.1, 0.15) is 0 Å². The number of hydrogen-bond acceptors (Lipinski definition) is 4. The number of primary sulfonamides is 1. The van der Waals surface area contributed by atoms with Crippen molar-refractivity contribution in [3.63, 3.8) is 0 Å². The zero-order valence-electron chi connectivity index (χ0n) is 16.0. The second-order valence-corrected chi connectivity index (χ2v) is 8.86. The Morgan fingerprint density at radius 3 is 2.52 bits per heavy atom. The zero-order chi connectivity index (χ0) is 21.2. The quantitative estimate of drug-likeness (QED) is 0.623. The van der Waals surface area contributed by atoms with E-state index in [1.54, 1.807) is 28.9 Å². The standard InChI is InChI=1S/C20H21ClN4O3S/c1-13(2)19-18(12-24-25(19)16-8-6-15(21)7-9-16)20(26)23-11-14-4-3-5-17(10-14)29(22,27)28/h3-10,12-13H,11H2,1-2H3,(H,23,26)(H2,22,27,28). The van der Waals surface area contributed by atoms with Gasteiger partial charge in [0.25, 0.3) is 5.91 Å². The predicted molar refractivity (Wildman–Crippen MR) is 112 cm³/mol. The SMILES string of the molecule is CC(C)c1c(C(=O)NCc2cccc(S(N)(=O)=O)c2)cnn1-c1ccc(Cl)cc1. The highest BCUT2D eigenvalue weighted by molar-refractivity contribution is 7.89. The van der Waals surface area contributed by atoms with Crippen LogP contribution in [-0.2, 0) is 16.6 Å². The predicted octanol–water partition coefficient (Wildman–Crippen LogP) is 3.23. The minimum atomic E-state index is -3.80. The molecule has 1 amide bonds. The molecule has 7 nitrogen and oxygen atoms in total. The molecular formula is C20H21ClN4O3S. The number of amides is 1. The molecule has 0 fully saturated rings. The van der Waals surface area contributed by atoms with Crippen LogP contribution in [0.25, 0.3) is 5.69 Å². The van der Waals surface area contributed by atoms with Crippen LogP contribution in [0.1, 0.15) is 41.4 Å². The van der Waals surface area contributed by atoms with Crippen LogP contribution in [0.5, 0.6) is 0 Å². The highest BCUT2D eigenvalue weighted by Gasteiger charge is 2.21. The summed E-state index contributed by atoms with van der Waals surface area (Å²) < 4.78 is 24.7. The number of halogens is 1. The summed E-state index contributed by atoms with van der Waals surface area (Å²) in [7, 11) is -3.80.